The van der Waals surface area contributed by atoms with Crippen LogP contribution in [0.15, 0.2) is 67.1 Å². The lowest BCUT2D eigenvalue weighted by Crippen LogP contribution is -2.56. The Hall–Kier alpha value is -3.63. The lowest BCUT2D eigenvalue weighted by Gasteiger charge is -2.43. The average molecular weight is 427 g/mol. The molecule has 7 nitrogen and oxygen atoms in total. The maximum absolute atomic E-state index is 12.9. The van der Waals surface area contributed by atoms with Crippen molar-refractivity contribution in [1.29, 1.82) is 5.26 Å². The second kappa shape index (κ2) is 8.48. The fourth-order valence-corrected chi connectivity index (χ4v) is 4.85. The third-order valence-corrected chi connectivity index (χ3v) is 6.71. The Labute approximate surface area is 187 Å². The van der Waals surface area contributed by atoms with E-state index in [0.717, 1.165) is 56.0 Å². The minimum atomic E-state index is -0.458. The molecule has 1 N–H and O–H groups in total. The monoisotopic (exact) mass is 426 g/mol. The van der Waals surface area contributed by atoms with Crippen LogP contribution in [0.3, 0.4) is 0 Å². The predicted octanol–water partition coefficient (Wildman–Crippen LogP) is 2.73. The molecular formula is C25H26N6O. The SMILES string of the molecule is N#Cc1ccc(Cn2cncc2CN2CCC3(CC2)C(=O)NCN3c2ccccc2)cc1. The number of nitriles is 1. The van der Waals surface area contributed by atoms with Crippen LogP contribution >= 0.6 is 0 Å². The van der Waals surface area contributed by atoms with Gasteiger partial charge in [0, 0.05) is 38.1 Å². The molecule has 3 heterocycles. The van der Waals surface area contributed by atoms with Gasteiger partial charge in [0.15, 0.2) is 0 Å². The quantitative estimate of drug-likeness (QED) is 0.679. The number of benzene rings is 2. The molecule has 0 unspecified atom stereocenters. The number of amides is 1. The standard InChI is InChI=1S/C25H26N6O/c26-14-20-6-8-21(9-7-20)16-30-18-27-15-23(30)17-29-12-10-25(11-13-29)24(32)28-19-31(25)22-4-2-1-3-5-22/h1-9,15,18H,10-13,16-17,19H2,(H,28,32). The number of rotatable bonds is 5. The van der Waals surface area contributed by atoms with Crippen LogP contribution in [0, 0.1) is 11.3 Å². The fourth-order valence-electron chi connectivity index (χ4n) is 4.85. The van der Waals surface area contributed by atoms with Gasteiger partial charge in [-0.3, -0.25) is 9.69 Å². The van der Waals surface area contributed by atoms with Gasteiger partial charge in [-0.05, 0) is 42.7 Å². The first-order chi connectivity index (χ1) is 15.7. The van der Waals surface area contributed by atoms with Crippen molar-refractivity contribution in [2.75, 3.05) is 24.7 Å². The van der Waals surface area contributed by atoms with Crippen LogP contribution < -0.4 is 10.2 Å². The zero-order valence-corrected chi connectivity index (χ0v) is 17.9. The van der Waals surface area contributed by atoms with E-state index in [4.69, 9.17) is 5.26 Å². The molecule has 7 heteroatoms. The lowest BCUT2D eigenvalue weighted by atomic mass is 9.85. The van der Waals surface area contributed by atoms with E-state index < -0.39 is 5.54 Å². The van der Waals surface area contributed by atoms with Gasteiger partial charge < -0.3 is 14.8 Å². The second-order valence-corrected chi connectivity index (χ2v) is 8.56. The molecule has 0 saturated carbocycles. The molecule has 1 amide bonds. The Morgan fingerprint density at radius 2 is 1.78 bits per heavy atom. The summed E-state index contributed by atoms with van der Waals surface area (Å²) in [5.41, 5.74) is 3.60. The van der Waals surface area contributed by atoms with Crippen LogP contribution in [0.1, 0.15) is 29.7 Å². The van der Waals surface area contributed by atoms with E-state index in [2.05, 4.69) is 42.9 Å². The first kappa shape index (κ1) is 20.3. The summed E-state index contributed by atoms with van der Waals surface area (Å²) in [7, 11) is 0. The van der Waals surface area contributed by atoms with Crippen LogP contribution in [0.25, 0.3) is 0 Å². The highest BCUT2D eigenvalue weighted by Crippen LogP contribution is 2.36. The summed E-state index contributed by atoms with van der Waals surface area (Å²) in [5, 5.41) is 12.1. The van der Waals surface area contributed by atoms with E-state index in [1.807, 2.05) is 55.0 Å². The van der Waals surface area contributed by atoms with Gasteiger partial charge in [-0.2, -0.15) is 5.26 Å². The summed E-state index contributed by atoms with van der Waals surface area (Å²) >= 11 is 0. The van der Waals surface area contributed by atoms with Gasteiger partial charge in [-0.25, -0.2) is 4.98 Å². The molecule has 0 aliphatic carbocycles. The van der Waals surface area contributed by atoms with Crippen LogP contribution in [0.5, 0.6) is 0 Å². The van der Waals surface area contributed by atoms with E-state index in [0.29, 0.717) is 12.2 Å². The average Bonchev–Trinajstić information content (AvgIpc) is 3.40. The van der Waals surface area contributed by atoms with E-state index in [-0.39, 0.29) is 5.91 Å². The number of hydrogen-bond donors (Lipinski definition) is 1. The minimum Gasteiger partial charge on any atom is -0.339 e. The molecule has 2 aliphatic heterocycles. The number of nitrogens with zero attached hydrogens (tertiary/aromatic N) is 5. The van der Waals surface area contributed by atoms with Crippen molar-refractivity contribution in [2.24, 2.45) is 0 Å². The number of aromatic nitrogens is 2. The first-order valence-electron chi connectivity index (χ1n) is 11.0. The number of para-hydroxylation sites is 1. The highest BCUT2D eigenvalue weighted by atomic mass is 16.2. The highest BCUT2D eigenvalue weighted by Gasteiger charge is 2.50. The van der Waals surface area contributed by atoms with Crippen LogP contribution in [0.4, 0.5) is 5.69 Å². The summed E-state index contributed by atoms with van der Waals surface area (Å²) in [6.07, 6.45) is 5.39. The zero-order chi connectivity index (χ0) is 22.0. The van der Waals surface area contributed by atoms with Gasteiger partial charge in [-0.15, -0.1) is 0 Å². The Morgan fingerprint density at radius 3 is 2.50 bits per heavy atom. The van der Waals surface area contributed by atoms with E-state index >= 15 is 0 Å². The number of hydrogen-bond acceptors (Lipinski definition) is 5. The van der Waals surface area contributed by atoms with E-state index in [9.17, 15) is 4.79 Å². The number of anilines is 1. The van der Waals surface area contributed by atoms with Gasteiger partial charge in [0.25, 0.3) is 0 Å². The van der Waals surface area contributed by atoms with Crippen LogP contribution in [0.2, 0.25) is 0 Å². The van der Waals surface area contributed by atoms with Crippen molar-refractivity contribution in [3.8, 4) is 6.07 Å². The van der Waals surface area contributed by atoms with Gasteiger partial charge in [0.2, 0.25) is 5.91 Å². The normalized spacial score (nSPS) is 18.0. The maximum Gasteiger partial charge on any atom is 0.247 e. The number of carbonyl (C=O) groups is 1. The molecular weight excluding hydrogens is 400 g/mol. The second-order valence-electron chi connectivity index (χ2n) is 8.56. The molecule has 2 saturated heterocycles. The summed E-state index contributed by atoms with van der Waals surface area (Å²) in [5.74, 6) is 0.145. The van der Waals surface area contributed by atoms with Gasteiger partial charge in [0.05, 0.1) is 30.3 Å². The van der Waals surface area contributed by atoms with Crippen molar-refractivity contribution >= 4 is 11.6 Å². The molecule has 3 aromatic rings. The highest BCUT2D eigenvalue weighted by molar-refractivity contribution is 5.93. The third kappa shape index (κ3) is 3.74. The Kier molecular flexibility index (Phi) is 5.38. The zero-order valence-electron chi connectivity index (χ0n) is 17.9. The van der Waals surface area contributed by atoms with Crippen molar-refractivity contribution in [2.45, 2.75) is 31.5 Å². The van der Waals surface area contributed by atoms with Crippen molar-refractivity contribution in [3.05, 3.63) is 83.9 Å². The van der Waals surface area contributed by atoms with Crippen molar-refractivity contribution in [3.63, 3.8) is 0 Å². The maximum atomic E-state index is 12.9. The third-order valence-electron chi connectivity index (χ3n) is 6.71. The van der Waals surface area contributed by atoms with Crippen molar-refractivity contribution < 1.29 is 4.79 Å². The predicted molar refractivity (Wildman–Crippen MR) is 122 cm³/mol. The van der Waals surface area contributed by atoms with Crippen LogP contribution in [-0.2, 0) is 17.9 Å². The molecule has 5 rings (SSSR count). The Morgan fingerprint density at radius 1 is 1.03 bits per heavy atom. The molecule has 0 radical (unpaired) electrons. The first-order valence-corrected chi connectivity index (χ1v) is 11.0. The summed E-state index contributed by atoms with van der Waals surface area (Å²) in [6, 6.07) is 20.0. The van der Waals surface area contributed by atoms with Gasteiger partial charge >= 0.3 is 0 Å². The topological polar surface area (TPSA) is 77.2 Å². The van der Waals surface area contributed by atoms with Crippen LogP contribution in [-0.4, -0.2) is 45.7 Å². The molecule has 0 atom stereocenters. The number of carbonyl (C=O) groups excluding carboxylic acids is 1. The summed E-state index contributed by atoms with van der Waals surface area (Å²) in [4.78, 5) is 21.9. The summed E-state index contributed by atoms with van der Waals surface area (Å²) in [6.45, 7) is 3.82. The summed E-state index contributed by atoms with van der Waals surface area (Å²) < 4.78 is 2.16. The molecule has 162 valence electrons. The molecule has 1 aromatic heterocycles. The largest absolute Gasteiger partial charge is 0.339 e. The lowest BCUT2D eigenvalue weighted by molar-refractivity contribution is -0.125. The Bertz CT molecular complexity index is 1120. The number of imidazole rings is 1. The fraction of sp³-hybridized carbons (Fsp3) is 0.320. The molecule has 32 heavy (non-hydrogen) atoms. The molecule has 2 fully saturated rings. The Balaban J connectivity index is 1.25. The molecule has 2 aliphatic rings. The number of piperidine rings is 1. The van der Waals surface area contributed by atoms with E-state index in [1.54, 1.807) is 0 Å². The minimum absolute atomic E-state index is 0.145. The smallest absolute Gasteiger partial charge is 0.247 e. The van der Waals surface area contributed by atoms with Crippen molar-refractivity contribution in [1.82, 2.24) is 19.8 Å². The molecule has 2 aromatic carbocycles. The number of likely N-dealkylation sites (tertiary alicyclic amines) is 1. The molecule has 0 bridgehead atoms. The van der Waals surface area contributed by atoms with Gasteiger partial charge in [0.1, 0.15) is 5.54 Å². The van der Waals surface area contributed by atoms with E-state index in [1.165, 1.54) is 0 Å². The molecule has 1 spiro atoms. The number of nitrogens with one attached hydrogen (secondary N) is 1. The van der Waals surface area contributed by atoms with Gasteiger partial charge in [-0.1, -0.05) is 30.3 Å².